The van der Waals surface area contributed by atoms with Crippen LogP contribution in [0.3, 0.4) is 0 Å². The summed E-state index contributed by atoms with van der Waals surface area (Å²) in [6.45, 7) is 0. The minimum absolute atomic E-state index is 0.0116. The maximum absolute atomic E-state index is 13.8. The van der Waals surface area contributed by atoms with Gasteiger partial charge in [-0.15, -0.1) is 11.8 Å². The maximum Gasteiger partial charge on any atom is 0.269 e. The highest BCUT2D eigenvalue weighted by molar-refractivity contribution is 7.98. The fraction of sp³-hybridized carbons (Fsp3) is 0.0952. The van der Waals surface area contributed by atoms with Crippen LogP contribution in [-0.2, 0) is 5.75 Å². The Morgan fingerprint density at radius 1 is 1.16 bits per heavy atom. The van der Waals surface area contributed by atoms with Crippen molar-refractivity contribution in [3.05, 3.63) is 75.7 Å². The van der Waals surface area contributed by atoms with E-state index in [-0.39, 0.29) is 44.0 Å². The second kappa shape index (κ2) is 9.52. The van der Waals surface area contributed by atoms with Crippen LogP contribution in [-0.4, -0.2) is 22.9 Å². The molecule has 0 saturated carbocycles. The molecule has 0 aliphatic rings. The summed E-state index contributed by atoms with van der Waals surface area (Å²) in [5.74, 6) is -2.20. The zero-order valence-electron chi connectivity index (χ0n) is 15.9. The smallest absolute Gasteiger partial charge is 0.269 e. The minimum Gasteiger partial charge on any atom is -0.354 e. The van der Waals surface area contributed by atoms with E-state index in [1.807, 2.05) is 12.1 Å². The van der Waals surface area contributed by atoms with Crippen LogP contribution in [0.2, 0.25) is 5.15 Å². The lowest BCUT2D eigenvalue weighted by Crippen LogP contribution is -2.19. The number of nitrogens with zero attached hydrogens (tertiary/aromatic N) is 4. The third-order valence-corrected chi connectivity index (χ3v) is 5.53. The molecular weight excluding hydrogens is 444 g/mol. The van der Waals surface area contributed by atoms with Gasteiger partial charge in [0.15, 0.2) is 11.6 Å². The zero-order chi connectivity index (χ0) is 22.5. The minimum atomic E-state index is -1.12. The van der Waals surface area contributed by atoms with E-state index in [2.05, 4.69) is 15.3 Å². The third-order valence-electron chi connectivity index (χ3n) is 4.21. The molecule has 0 unspecified atom stereocenters. The van der Waals surface area contributed by atoms with Gasteiger partial charge in [0.1, 0.15) is 28.0 Å². The molecule has 0 radical (unpaired) electrons. The lowest BCUT2D eigenvalue weighted by Gasteiger charge is -2.13. The Kier molecular flexibility index (Phi) is 6.81. The number of amides is 1. The van der Waals surface area contributed by atoms with Crippen LogP contribution < -0.4 is 5.32 Å². The molecule has 3 rings (SSSR count). The molecular formula is C21H12ClF2N5OS. The van der Waals surface area contributed by atoms with Crippen molar-refractivity contribution in [3.63, 3.8) is 0 Å². The SMILES string of the molecule is CNC(=O)c1cc(CSc2nc(Cl)c(C#N)c(-c3ccc(F)c(F)c3)c2C#N)ccn1. The average molecular weight is 456 g/mol. The topological polar surface area (TPSA) is 102 Å². The molecule has 0 spiro atoms. The van der Waals surface area contributed by atoms with Crippen molar-refractivity contribution >= 4 is 29.3 Å². The monoisotopic (exact) mass is 455 g/mol. The number of hydrogen-bond donors (Lipinski definition) is 1. The summed E-state index contributed by atoms with van der Waals surface area (Å²) in [6, 6.07) is 10.2. The predicted octanol–water partition coefficient (Wildman–Crippen LogP) is 4.47. The molecule has 154 valence electrons. The number of carbonyl (C=O) groups is 1. The van der Waals surface area contributed by atoms with Crippen molar-refractivity contribution in [1.82, 2.24) is 15.3 Å². The van der Waals surface area contributed by atoms with E-state index in [4.69, 9.17) is 11.6 Å². The predicted molar refractivity (Wildman–Crippen MR) is 111 cm³/mol. The Morgan fingerprint density at radius 2 is 1.90 bits per heavy atom. The van der Waals surface area contributed by atoms with Crippen LogP contribution in [0, 0.1) is 34.3 Å². The first kappa shape index (κ1) is 22.2. The van der Waals surface area contributed by atoms with Gasteiger partial charge in [0.25, 0.3) is 5.91 Å². The second-order valence-electron chi connectivity index (χ2n) is 6.10. The quantitative estimate of drug-likeness (QED) is 0.449. The normalized spacial score (nSPS) is 10.3. The average Bonchev–Trinajstić information content (AvgIpc) is 2.78. The number of nitriles is 2. The van der Waals surface area contributed by atoms with Crippen LogP contribution in [0.4, 0.5) is 8.78 Å². The van der Waals surface area contributed by atoms with Crippen molar-refractivity contribution in [3.8, 4) is 23.3 Å². The Morgan fingerprint density at radius 3 is 2.55 bits per heavy atom. The van der Waals surface area contributed by atoms with Crippen molar-refractivity contribution in [1.29, 1.82) is 10.5 Å². The molecule has 2 aromatic heterocycles. The summed E-state index contributed by atoms with van der Waals surface area (Å²) >= 11 is 7.31. The zero-order valence-corrected chi connectivity index (χ0v) is 17.5. The molecule has 10 heteroatoms. The van der Waals surface area contributed by atoms with E-state index >= 15 is 0 Å². The lowest BCUT2D eigenvalue weighted by atomic mass is 9.97. The largest absolute Gasteiger partial charge is 0.354 e. The number of thioether (sulfide) groups is 1. The maximum atomic E-state index is 13.8. The van der Waals surface area contributed by atoms with Gasteiger partial charge in [-0.2, -0.15) is 10.5 Å². The number of rotatable bonds is 5. The molecule has 0 atom stereocenters. The number of halogens is 3. The van der Waals surface area contributed by atoms with Crippen molar-refractivity contribution in [2.24, 2.45) is 0 Å². The second-order valence-corrected chi connectivity index (χ2v) is 7.42. The van der Waals surface area contributed by atoms with E-state index in [9.17, 15) is 24.1 Å². The van der Waals surface area contributed by atoms with E-state index < -0.39 is 11.6 Å². The molecule has 0 saturated heterocycles. The molecule has 1 N–H and O–H groups in total. The Hall–Kier alpha value is -3.53. The summed E-state index contributed by atoms with van der Waals surface area (Å²) in [5, 5.41) is 21.8. The fourth-order valence-corrected chi connectivity index (χ4v) is 3.96. The summed E-state index contributed by atoms with van der Waals surface area (Å²) in [5.41, 5.74) is 1.07. The van der Waals surface area contributed by atoms with Gasteiger partial charge in [0, 0.05) is 24.6 Å². The van der Waals surface area contributed by atoms with Gasteiger partial charge in [-0.3, -0.25) is 9.78 Å². The van der Waals surface area contributed by atoms with Crippen LogP contribution in [0.1, 0.15) is 27.2 Å². The summed E-state index contributed by atoms with van der Waals surface area (Å²) in [7, 11) is 1.49. The molecule has 0 aliphatic heterocycles. The fourth-order valence-electron chi connectivity index (χ4n) is 2.75. The third kappa shape index (κ3) is 4.64. The highest BCUT2D eigenvalue weighted by atomic mass is 35.5. The summed E-state index contributed by atoms with van der Waals surface area (Å²) in [4.78, 5) is 19.9. The van der Waals surface area contributed by atoms with Crippen molar-refractivity contribution in [2.75, 3.05) is 7.05 Å². The Labute approximate surface area is 185 Å². The summed E-state index contributed by atoms with van der Waals surface area (Å²) < 4.78 is 27.2. The molecule has 31 heavy (non-hydrogen) atoms. The van der Waals surface area contributed by atoms with Crippen LogP contribution >= 0.6 is 23.4 Å². The van der Waals surface area contributed by atoms with Crippen LogP contribution in [0.25, 0.3) is 11.1 Å². The molecule has 3 aromatic rings. The van der Waals surface area contributed by atoms with E-state index in [0.717, 1.165) is 29.5 Å². The first-order valence-electron chi connectivity index (χ1n) is 8.68. The molecule has 2 heterocycles. The highest BCUT2D eigenvalue weighted by Gasteiger charge is 2.22. The van der Waals surface area contributed by atoms with E-state index in [0.29, 0.717) is 5.75 Å². The van der Waals surface area contributed by atoms with E-state index in [1.165, 1.54) is 19.3 Å². The van der Waals surface area contributed by atoms with Gasteiger partial charge in [-0.1, -0.05) is 17.7 Å². The number of benzene rings is 1. The van der Waals surface area contributed by atoms with Gasteiger partial charge >= 0.3 is 0 Å². The van der Waals surface area contributed by atoms with Crippen LogP contribution in [0.15, 0.2) is 41.6 Å². The lowest BCUT2D eigenvalue weighted by molar-refractivity contribution is 0.0958. The number of carbonyl (C=O) groups excluding carboxylic acids is 1. The molecule has 1 amide bonds. The number of pyridine rings is 2. The molecule has 1 aromatic carbocycles. The molecule has 0 bridgehead atoms. The van der Waals surface area contributed by atoms with Crippen molar-refractivity contribution < 1.29 is 13.6 Å². The standard InChI is InChI=1S/C21H12ClF2N5OS/c1-27-20(30)17-6-11(4-5-28-17)10-31-21-14(9-26)18(13(8-25)19(22)29-21)12-2-3-15(23)16(24)7-12/h2-7H,10H2,1H3,(H,27,30). The molecule has 0 fully saturated rings. The van der Waals surface area contributed by atoms with Gasteiger partial charge in [-0.25, -0.2) is 13.8 Å². The van der Waals surface area contributed by atoms with Gasteiger partial charge < -0.3 is 5.32 Å². The van der Waals surface area contributed by atoms with Crippen LogP contribution in [0.5, 0.6) is 0 Å². The Bertz CT molecular complexity index is 1270. The Balaban J connectivity index is 2.05. The molecule has 6 nitrogen and oxygen atoms in total. The number of nitrogens with one attached hydrogen (secondary N) is 1. The number of hydrogen-bond acceptors (Lipinski definition) is 6. The first-order chi connectivity index (χ1) is 14.9. The molecule has 0 aliphatic carbocycles. The first-order valence-corrected chi connectivity index (χ1v) is 10.0. The summed E-state index contributed by atoms with van der Waals surface area (Å²) in [6.07, 6.45) is 1.48. The van der Waals surface area contributed by atoms with Gasteiger partial charge in [0.2, 0.25) is 0 Å². The van der Waals surface area contributed by atoms with Gasteiger partial charge in [-0.05, 0) is 35.4 Å². The van der Waals surface area contributed by atoms with Crippen molar-refractivity contribution in [2.45, 2.75) is 10.8 Å². The number of aromatic nitrogens is 2. The van der Waals surface area contributed by atoms with Gasteiger partial charge in [0.05, 0.1) is 11.1 Å². The van der Waals surface area contributed by atoms with E-state index in [1.54, 1.807) is 12.1 Å². The highest BCUT2D eigenvalue weighted by Crippen LogP contribution is 2.37.